The zero-order valence-corrected chi connectivity index (χ0v) is 24.6. The molecule has 0 fully saturated rings. The van der Waals surface area contributed by atoms with Crippen LogP contribution in [-0.4, -0.2) is 88.6 Å². The maximum Gasteiger partial charge on any atom is 0.173 e. The fourth-order valence-corrected chi connectivity index (χ4v) is 4.74. The molecular weight excluding hydrogens is 562 g/mol. The Morgan fingerprint density at radius 1 is 0.795 bits per heavy atom. The molecule has 3 N–H and O–H groups in total. The summed E-state index contributed by atoms with van der Waals surface area (Å²) in [5, 5.41) is 62.9. The van der Waals surface area contributed by atoms with Crippen molar-refractivity contribution in [3.63, 3.8) is 0 Å². The van der Waals surface area contributed by atoms with Crippen LogP contribution in [0.15, 0.2) is 70.9 Å². The van der Waals surface area contributed by atoms with Crippen LogP contribution < -0.4 is 4.90 Å². The first-order chi connectivity index (χ1) is 21.3. The lowest BCUT2D eigenvalue weighted by molar-refractivity contribution is 0.285. The van der Waals surface area contributed by atoms with E-state index in [1.54, 1.807) is 50.5 Å². The summed E-state index contributed by atoms with van der Waals surface area (Å²) >= 11 is 0. The maximum atomic E-state index is 11.2. The van der Waals surface area contributed by atoms with E-state index in [0.717, 1.165) is 24.2 Å². The molecule has 0 spiro atoms. The van der Waals surface area contributed by atoms with Crippen molar-refractivity contribution in [3.8, 4) is 11.5 Å². The lowest BCUT2D eigenvalue weighted by Gasteiger charge is -2.25. The second kappa shape index (κ2) is 13.6. The number of hydrogen-bond acceptors (Lipinski definition) is 12. The highest BCUT2D eigenvalue weighted by Gasteiger charge is 2.24. The standard InChI is InChI=1S/C30H33N11O3/c1-20-33-35-37-40(20)31-18-22-9-11-28(43)26(15-22)30(24-7-6-8-25(17-24)39(3)13-4-5-14-42)27-16-23(10-12-29(27)44)19-32-41-21(2)34-36-38-41/h6-12,15-19,30,42-44H,4-5,13-14H2,1-3H3/b31-18+,32-19+. The van der Waals surface area contributed by atoms with Crippen LogP contribution >= 0.6 is 0 Å². The summed E-state index contributed by atoms with van der Waals surface area (Å²) in [7, 11) is 2.00. The van der Waals surface area contributed by atoms with E-state index >= 15 is 0 Å². The fraction of sp³-hybridized carbons (Fsp3) is 0.267. The highest BCUT2D eigenvalue weighted by molar-refractivity contribution is 5.82. The molecule has 0 unspecified atom stereocenters. The number of nitrogens with zero attached hydrogens (tertiary/aromatic N) is 11. The van der Waals surface area contributed by atoms with Gasteiger partial charge in [0.2, 0.25) is 0 Å². The first-order valence-electron chi connectivity index (χ1n) is 14.0. The Kier molecular flexibility index (Phi) is 9.30. The van der Waals surface area contributed by atoms with Gasteiger partial charge in [0.05, 0.1) is 12.4 Å². The monoisotopic (exact) mass is 595 g/mol. The van der Waals surface area contributed by atoms with Gasteiger partial charge in [0.1, 0.15) is 11.5 Å². The summed E-state index contributed by atoms with van der Waals surface area (Å²) in [6.07, 6.45) is 4.76. The van der Waals surface area contributed by atoms with Crippen molar-refractivity contribution in [3.05, 3.63) is 100 Å². The summed E-state index contributed by atoms with van der Waals surface area (Å²) in [5.41, 5.74) is 4.31. The molecule has 14 heteroatoms. The first kappa shape index (κ1) is 30.0. The molecule has 0 aliphatic carbocycles. The molecule has 5 aromatic rings. The van der Waals surface area contributed by atoms with Gasteiger partial charge in [-0.1, -0.05) is 12.1 Å². The number of aliphatic hydroxyl groups is 1. The summed E-state index contributed by atoms with van der Waals surface area (Å²) in [4.78, 5) is 4.73. The van der Waals surface area contributed by atoms with Crippen LogP contribution in [0.25, 0.3) is 0 Å². The molecule has 0 aliphatic heterocycles. The minimum absolute atomic E-state index is 0.0511. The van der Waals surface area contributed by atoms with Crippen LogP contribution in [0.3, 0.4) is 0 Å². The number of aromatic nitrogens is 8. The van der Waals surface area contributed by atoms with E-state index in [-0.39, 0.29) is 18.1 Å². The van der Waals surface area contributed by atoms with Crippen LogP contribution in [0.5, 0.6) is 11.5 Å². The predicted octanol–water partition coefficient (Wildman–Crippen LogP) is 2.84. The average Bonchev–Trinajstić information content (AvgIpc) is 3.64. The van der Waals surface area contributed by atoms with Crippen LogP contribution in [0, 0.1) is 13.8 Å². The Morgan fingerprint density at radius 2 is 1.36 bits per heavy atom. The quantitative estimate of drug-likeness (QED) is 0.110. The molecule has 44 heavy (non-hydrogen) atoms. The first-order valence-corrected chi connectivity index (χ1v) is 14.0. The fourth-order valence-electron chi connectivity index (χ4n) is 4.74. The molecule has 2 heterocycles. The zero-order chi connectivity index (χ0) is 31.1. The van der Waals surface area contributed by atoms with Gasteiger partial charge in [0, 0.05) is 42.9 Å². The van der Waals surface area contributed by atoms with E-state index in [4.69, 9.17) is 0 Å². The molecule has 0 bridgehead atoms. The highest BCUT2D eigenvalue weighted by atomic mass is 16.3. The van der Waals surface area contributed by atoms with Crippen molar-refractivity contribution in [2.45, 2.75) is 32.6 Å². The largest absolute Gasteiger partial charge is 0.508 e. The van der Waals surface area contributed by atoms with Gasteiger partial charge >= 0.3 is 0 Å². The Bertz CT molecular complexity index is 1680. The lowest BCUT2D eigenvalue weighted by atomic mass is 9.82. The van der Waals surface area contributed by atoms with E-state index in [1.807, 2.05) is 43.4 Å². The van der Waals surface area contributed by atoms with Gasteiger partial charge in [-0.25, -0.2) is 0 Å². The van der Waals surface area contributed by atoms with Gasteiger partial charge in [0.15, 0.2) is 11.6 Å². The third-order valence-electron chi connectivity index (χ3n) is 7.11. The molecule has 0 saturated heterocycles. The molecule has 226 valence electrons. The van der Waals surface area contributed by atoms with Crippen molar-refractivity contribution < 1.29 is 15.3 Å². The predicted molar refractivity (Wildman–Crippen MR) is 164 cm³/mol. The number of tetrazole rings is 2. The van der Waals surface area contributed by atoms with Crippen LogP contribution in [0.1, 0.15) is 58.2 Å². The number of phenols is 2. The van der Waals surface area contributed by atoms with Crippen molar-refractivity contribution in [1.29, 1.82) is 0 Å². The van der Waals surface area contributed by atoms with E-state index in [0.29, 0.717) is 40.3 Å². The smallest absolute Gasteiger partial charge is 0.173 e. The van der Waals surface area contributed by atoms with E-state index < -0.39 is 5.92 Å². The van der Waals surface area contributed by atoms with Gasteiger partial charge in [-0.3, -0.25) is 0 Å². The van der Waals surface area contributed by atoms with Crippen molar-refractivity contribution in [2.24, 2.45) is 10.2 Å². The van der Waals surface area contributed by atoms with Crippen molar-refractivity contribution >= 4 is 18.1 Å². The molecule has 5 rings (SSSR count). The Balaban J connectivity index is 1.60. The van der Waals surface area contributed by atoms with Crippen molar-refractivity contribution in [2.75, 3.05) is 25.1 Å². The Morgan fingerprint density at radius 3 is 1.86 bits per heavy atom. The number of aryl methyl sites for hydroxylation is 2. The number of rotatable bonds is 12. The van der Waals surface area contributed by atoms with Gasteiger partial charge < -0.3 is 20.2 Å². The number of hydrogen-bond donors (Lipinski definition) is 3. The summed E-state index contributed by atoms with van der Waals surface area (Å²) in [6.45, 7) is 4.39. The SMILES string of the molecule is Cc1nnnn1/N=C/c1ccc(O)c(C(c2cccc(N(C)CCCCO)c2)c2cc(/C=N/n3nnnc3C)ccc2O)c1. The number of aromatic hydroxyl groups is 2. The maximum absolute atomic E-state index is 11.2. The van der Waals surface area contributed by atoms with Crippen LogP contribution in [-0.2, 0) is 0 Å². The minimum atomic E-state index is -0.577. The number of benzene rings is 3. The second-order valence-corrected chi connectivity index (χ2v) is 10.2. The molecule has 0 atom stereocenters. The molecular formula is C30H33N11O3. The topological polar surface area (TPSA) is 176 Å². The number of phenolic OH excluding ortho intramolecular Hbond substituents is 2. The van der Waals surface area contributed by atoms with Crippen LogP contribution in [0.4, 0.5) is 5.69 Å². The Hall–Kier alpha value is -5.50. The summed E-state index contributed by atoms with van der Waals surface area (Å²) < 4.78 is 0. The van der Waals surface area contributed by atoms with Crippen molar-refractivity contribution in [1.82, 2.24) is 40.6 Å². The molecule has 14 nitrogen and oxygen atoms in total. The van der Waals surface area contributed by atoms with E-state index in [1.165, 1.54) is 9.58 Å². The molecule has 3 aromatic carbocycles. The zero-order valence-electron chi connectivity index (χ0n) is 24.6. The van der Waals surface area contributed by atoms with E-state index in [2.05, 4.69) is 46.2 Å². The summed E-state index contributed by atoms with van der Waals surface area (Å²) in [5.74, 6) is 0.578. The number of unbranched alkanes of at least 4 members (excludes halogenated alkanes) is 1. The molecule has 0 radical (unpaired) electrons. The molecule has 0 aliphatic rings. The van der Waals surface area contributed by atoms with Crippen LogP contribution in [0.2, 0.25) is 0 Å². The summed E-state index contributed by atoms with van der Waals surface area (Å²) in [6, 6.07) is 18.3. The van der Waals surface area contributed by atoms with E-state index in [9.17, 15) is 15.3 Å². The third kappa shape index (κ3) is 6.93. The third-order valence-corrected chi connectivity index (χ3v) is 7.11. The molecule has 2 aromatic heterocycles. The highest BCUT2D eigenvalue weighted by Crippen LogP contribution is 2.42. The minimum Gasteiger partial charge on any atom is -0.508 e. The number of anilines is 1. The molecule has 0 amide bonds. The number of aliphatic hydroxyl groups excluding tert-OH is 1. The van der Waals surface area contributed by atoms with Gasteiger partial charge in [0.25, 0.3) is 0 Å². The van der Waals surface area contributed by atoms with Gasteiger partial charge in [-0.15, -0.1) is 19.8 Å². The van der Waals surface area contributed by atoms with Gasteiger partial charge in [-0.2, -0.15) is 10.2 Å². The normalized spacial score (nSPS) is 11.8. The Labute approximate surface area is 253 Å². The molecule has 0 saturated carbocycles. The average molecular weight is 596 g/mol. The van der Waals surface area contributed by atoms with Gasteiger partial charge in [-0.05, 0) is 113 Å². The lowest BCUT2D eigenvalue weighted by Crippen LogP contribution is -2.19. The second-order valence-electron chi connectivity index (χ2n) is 10.2.